The van der Waals surface area contributed by atoms with Crippen LogP contribution in [0.15, 0.2) is 60.7 Å². The summed E-state index contributed by atoms with van der Waals surface area (Å²) < 4.78 is 64.3. The Bertz CT molecular complexity index is 1210. The van der Waals surface area contributed by atoms with Crippen molar-refractivity contribution in [3.63, 3.8) is 0 Å². The van der Waals surface area contributed by atoms with Crippen LogP contribution in [0.25, 0.3) is 0 Å². The quantitative estimate of drug-likeness (QED) is 0.288. The third-order valence-electron chi connectivity index (χ3n) is 8.88. The minimum Gasteiger partial charge on any atom is -0.462 e. The Labute approximate surface area is 256 Å². The summed E-state index contributed by atoms with van der Waals surface area (Å²) in [6.07, 6.45) is -4.26. The lowest BCUT2D eigenvalue weighted by molar-refractivity contribution is -0.344. The number of ether oxygens (including phenoxy) is 4. The molecule has 236 valence electrons. The molecule has 0 aliphatic carbocycles. The summed E-state index contributed by atoms with van der Waals surface area (Å²) in [6, 6.07) is 19.2. The maximum absolute atomic E-state index is 6.73. The first kappa shape index (κ1) is 31.7. The molecule has 10 nitrogen and oxygen atoms in total. The second-order valence-electron chi connectivity index (χ2n) is 13.1. The van der Waals surface area contributed by atoms with E-state index in [1.807, 2.05) is 116 Å². The van der Waals surface area contributed by atoms with Crippen molar-refractivity contribution in [1.82, 2.24) is 0 Å². The van der Waals surface area contributed by atoms with E-state index in [4.69, 9.17) is 46.1 Å². The van der Waals surface area contributed by atoms with E-state index in [2.05, 4.69) is 0 Å². The number of hydrogen-bond donors (Lipinski definition) is 0. The summed E-state index contributed by atoms with van der Waals surface area (Å²) in [6.45, 7) is 16.2. The summed E-state index contributed by atoms with van der Waals surface area (Å²) in [5.74, 6) is 0.612. The van der Waals surface area contributed by atoms with Crippen LogP contribution in [0.3, 0.4) is 0 Å². The number of para-hydroxylation sites is 1. The molecule has 4 aliphatic heterocycles. The fraction of sp³-hybridized carbons (Fsp3) is 0.613. The number of benzene rings is 2. The lowest BCUT2D eigenvalue weighted by Crippen LogP contribution is -2.63. The van der Waals surface area contributed by atoms with E-state index < -0.39 is 76.6 Å². The zero-order valence-electron chi connectivity index (χ0n) is 25.9. The van der Waals surface area contributed by atoms with Crippen LogP contribution in [0.5, 0.6) is 5.75 Å². The van der Waals surface area contributed by atoms with E-state index >= 15 is 0 Å². The lowest BCUT2D eigenvalue weighted by Gasteiger charge is -2.48. The SMILES string of the molecule is CC1(C)OP(O[C@@H]2[C@@H](OP3OC(C)(C)C(C)(C)O3)[C@H](Oc3ccccc3)O[C@@H]3COC(c4ccccc4)O[C@@H]23)OC1(C)C. The first-order valence-corrected chi connectivity index (χ1v) is 16.8. The molecule has 12 heteroatoms. The minimum atomic E-state index is -1.81. The van der Waals surface area contributed by atoms with Crippen LogP contribution in [-0.2, 0) is 41.4 Å². The van der Waals surface area contributed by atoms with Crippen molar-refractivity contribution in [3.05, 3.63) is 66.2 Å². The highest BCUT2D eigenvalue weighted by Crippen LogP contribution is 2.62. The van der Waals surface area contributed by atoms with Crippen molar-refractivity contribution in [2.24, 2.45) is 0 Å². The van der Waals surface area contributed by atoms with Gasteiger partial charge in [0, 0.05) is 5.56 Å². The van der Waals surface area contributed by atoms with Gasteiger partial charge in [0.25, 0.3) is 0 Å². The van der Waals surface area contributed by atoms with Gasteiger partial charge < -0.3 is 41.6 Å². The van der Waals surface area contributed by atoms with E-state index in [1.54, 1.807) is 0 Å². The van der Waals surface area contributed by atoms with Gasteiger partial charge in [-0.25, -0.2) is 0 Å². The summed E-state index contributed by atoms with van der Waals surface area (Å²) in [5.41, 5.74) is -1.47. The molecule has 0 radical (unpaired) electrons. The van der Waals surface area contributed by atoms with Crippen molar-refractivity contribution >= 4 is 17.2 Å². The topological polar surface area (TPSA) is 92.3 Å². The summed E-state index contributed by atoms with van der Waals surface area (Å²) in [7, 11) is -3.60. The summed E-state index contributed by atoms with van der Waals surface area (Å²) in [4.78, 5) is 0. The molecule has 0 N–H and O–H groups in total. The molecule has 0 bridgehead atoms. The zero-order chi connectivity index (χ0) is 30.6. The molecule has 4 fully saturated rings. The van der Waals surface area contributed by atoms with Crippen LogP contribution in [-0.4, -0.2) is 59.7 Å². The highest BCUT2D eigenvalue weighted by atomic mass is 31.2. The van der Waals surface area contributed by atoms with Crippen molar-refractivity contribution in [2.75, 3.05) is 6.61 Å². The molecule has 0 spiro atoms. The molecule has 0 saturated carbocycles. The van der Waals surface area contributed by atoms with Gasteiger partial charge in [-0.2, -0.15) is 0 Å². The van der Waals surface area contributed by atoms with Crippen LogP contribution >= 0.6 is 17.2 Å². The standard InChI is InChI=1S/C31H42O10P2/c1-28(2)29(3,4)39-42(38-28)36-24-23-22(19-32-26(35-23)20-15-11-9-12-16-20)34-27(33-21-17-13-10-14-18-21)25(24)37-43-40-30(5,6)31(7,8)41-43/h9-18,22-27H,19H2,1-8H3/t22-,23-,24+,25-,26?,27-/m1/s1. The Morgan fingerprint density at radius 1 is 0.628 bits per heavy atom. The largest absolute Gasteiger partial charge is 0.462 e. The highest BCUT2D eigenvalue weighted by molar-refractivity contribution is 7.42. The van der Waals surface area contributed by atoms with Gasteiger partial charge in [0.2, 0.25) is 6.29 Å². The first-order valence-electron chi connectivity index (χ1n) is 14.6. The Morgan fingerprint density at radius 2 is 1.12 bits per heavy atom. The Balaban J connectivity index is 1.34. The third kappa shape index (κ3) is 6.40. The fourth-order valence-corrected chi connectivity index (χ4v) is 8.27. The van der Waals surface area contributed by atoms with E-state index in [0.29, 0.717) is 5.75 Å². The molecule has 6 rings (SSSR count). The maximum Gasteiger partial charge on any atom is 0.334 e. The summed E-state index contributed by atoms with van der Waals surface area (Å²) >= 11 is 0. The number of fused-ring (bicyclic) bond motifs is 1. The van der Waals surface area contributed by atoms with Gasteiger partial charge in [-0.1, -0.05) is 48.5 Å². The third-order valence-corrected chi connectivity index (χ3v) is 12.1. The fourth-order valence-electron chi connectivity index (χ4n) is 4.79. The molecule has 6 atom stereocenters. The van der Waals surface area contributed by atoms with Gasteiger partial charge in [0.1, 0.15) is 46.5 Å². The van der Waals surface area contributed by atoms with Crippen molar-refractivity contribution in [1.29, 1.82) is 0 Å². The molecule has 4 aliphatic rings. The van der Waals surface area contributed by atoms with Crippen LogP contribution in [0.1, 0.15) is 67.2 Å². The molecule has 0 amide bonds. The van der Waals surface area contributed by atoms with Gasteiger partial charge in [0.15, 0.2) is 12.4 Å². The van der Waals surface area contributed by atoms with Crippen LogP contribution in [0.2, 0.25) is 0 Å². The molecule has 2 aromatic rings. The predicted molar refractivity (Wildman–Crippen MR) is 160 cm³/mol. The average molecular weight is 637 g/mol. The second kappa shape index (κ2) is 11.8. The van der Waals surface area contributed by atoms with E-state index in [-0.39, 0.29) is 6.61 Å². The van der Waals surface area contributed by atoms with Gasteiger partial charge in [-0.15, -0.1) is 0 Å². The van der Waals surface area contributed by atoms with Crippen molar-refractivity contribution in [3.8, 4) is 5.75 Å². The first-order chi connectivity index (χ1) is 20.2. The highest BCUT2D eigenvalue weighted by Gasteiger charge is 2.59. The van der Waals surface area contributed by atoms with Gasteiger partial charge in [-0.3, -0.25) is 4.52 Å². The molecule has 0 aromatic heterocycles. The lowest BCUT2D eigenvalue weighted by atomic mass is 9.90. The maximum atomic E-state index is 6.73. The number of hydrogen-bond acceptors (Lipinski definition) is 10. The molecule has 4 heterocycles. The molecular weight excluding hydrogens is 594 g/mol. The van der Waals surface area contributed by atoms with E-state index in [9.17, 15) is 0 Å². The Hall–Kier alpha value is -1.26. The Kier molecular flexibility index (Phi) is 8.73. The number of rotatable bonds is 7. The average Bonchev–Trinajstić information content (AvgIpc) is 3.29. The van der Waals surface area contributed by atoms with Crippen LogP contribution in [0.4, 0.5) is 0 Å². The van der Waals surface area contributed by atoms with E-state index in [1.165, 1.54) is 0 Å². The van der Waals surface area contributed by atoms with Crippen molar-refractivity contribution in [2.45, 2.75) is 115 Å². The molecule has 1 unspecified atom stereocenters. The van der Waals surface area contributed by atoms with E-state index in [0.717, 1.165) is 5.56 Å². The summed E-state index contributed by atoms with van der Waals surface area (Å²) in [5, 5.41) is 0. The normalized spacial score (nSPS) is 35.0. The minimum absolute atomic E-state index is 0.254. The van der Waals surface area contributed by atoms with Gasteiger partial charge >= 0.3 is 17.2 Å². The second-order valence-corrected chi connectivity index (χ2v) is 15.2. The van der Waals surface area contributed by atoms with Crippen LogP contribution in [0, 0.1) is 0 Å². The predicted octanol–water partition coefficient (Wildman–Crippen LogP) is 7.34. The smallest absolute Gasteiger partial charge is 0.334 e. The zero-order valence-corrected chi connectivity index (χ0v) is 27.7. The Morgan fingerprint density at radius 3 is 1.65 bits per heavy atom. The van der Waals surface area contributed by atoms with Crippen molar-refractivity contribution < 1.29 is 46.1 Å². The molecule has 4 saturated heterocycles. The monoisotopic (exact) mass is 636 g/mol. The van der Waals surface area contributed by atoms with Crippen LogP contribution < -0.4 is 4.74 Å². The molecular formula is C31H42O10P2. The molecule has 2 aromatic carbocycles. The van der Waals surface area contributed by atoms with Gasteiger partial charge in [0.05, 0.1) is 6.61 Å². The molecule has 43 heavy (non-hydrogen) atoms. The van der Waals surface area contributed by atoms with Gasteiger partial charge in [-0.05, 0) is 67.5 Å².